The molecule has 1 unspecified atom stereocenters. The molecule has 1 saturated heterocycles. The van der Waals surface area contributed by atoms with Gasteiger partial charge in [0.05, 0.1) is 0 Å². The molecule has 1 atom stereocenters. The van der Waals surface area contributed by atoms with Crippen LogP contribution in [-0.4, -0.2) is 22.9 Å². The maximum Gasteiger partial charge on any atom is 0.128 e. The van der Waals surface area contributed by atoms with Gasteiger partial charge in [0.2, 0.25) is 0 Å². The van der Waals surface area contributed by atoms with E-state index in [0.29, 0.717) is 6.04 Å². The van der Waals surface area contributed by atoms with E-state index < -0.39 is 0 Å². The summed E-state index contributed by atoms with van der Waals surface area (Å²) in [6.45, 7) is 7.81. The molecule has 0 spiro atoms. The molecule has 0 radical (unpaired) electrons. The second-order valence-electron chi connectivity index (χ2n) is 5.80. The van der Waals surface area contributed by atoms with E-state index in [1.807, 2.05) is 6.20 Å². The number of pyridine rings is 1. The quantitative estimate of drug-likeness (QED) is 0.773. The molecule has 1 aliphatic rings. The van der Waals surface area contributed by atoms with E-state index in [4.69, 9.17) is 0 Å². The van der Waals surface area contributed by atoms with Gasteiger partial charge in [-0.2, -0.15) is 0 Å². The molecule has 94 valence electrons. The van der Waals surface area contributed by atoms with E-state index in [1.165, 1.54) is 18.4 Å². The van der Waals surface area contributed by atoms with Crippen LogP contribution in [0.25, 0.3) is 0 Å². The monoisotopic (exact) mass is 296 g/mol. The zero-order chi connectivity index (χ0) is 12.5. The van der Waals surface area contributed by atoms with E-state index in [1.54, 1.807) is 0 Å². The van der Waals surface area contributed by atoms with Crippen LogP contribution in [0.3, 0.4) is 0 Å². The fourth-order valence-corrected chi connectivity index (χ4v) is 2.97. The Kier molecular flexibility index (Phi) is 3.76. The van der Waals surface area contributed by atoms with Crippen LogP contribution in [0.5, 0.6) is 0 Å². The second kappa shape index (κ2) is 4.97. The number of nitrogens with zero attached hydrogens (tertiary/aromatic N) is 2. The minimum absolute atomic E-state index is 0.186. The molecule has 0 N–H and O–H groups in total. The summed E-state index contributed by atoms with van der Waals surface area (Å²) in [5, 5.41) is 1.04. The van der Waals surface area contributed by atoms with Gasteiger partial charge in [-0.1, -0.05) is 42.8 Å². The molecule has 0 saturated carbocycles. The Morgan fingerprint density at radius 2 is 2.18 bits per heavy atom. The highest BCUT2D eigenvalue weighted by molar-refractivity contribution is 9.09. The summed E-state index contributed by atoms with van der Waals surface area (Å²) in [4.78, 5) is 7.05. The van der Waals surface area contributed by atoms with E-state index in [0.717, 1.165) is 17.7 Å². The first kappa shape index (κ1) is 12.9. The van der Waals surface area contributed by atoms with Crippen molar-refractivity contribution in [3.63, 3.8) is 0 Å². The first-order valence-corrected chi connectivity index (χ1v) is 7.43. The van der Waals surface area contributed by atoms with E-state index in [-0.39, 0.29) is 5.41 Å². The van der Waals surface area contributed by atoms with Gasteiger partial charge in [0.25, 0.3) is 0 Å². The van der Waals surface area contributed by atoms with Gasteiger partial charge in [0, 0.05) is 24.1 Å². The summed E-state index contributed by atoms with van der Waals surface area (Å²) < 4.78 is 0. The lowest BCUT2D eigenvalue weighted by Crippen LogP contribution is -2.31. The molecular formula is C14H21BrN2. The molecule has 1 aliphatic heterocycles. The molecule has 2 rings (SSSR count). The van der Waals surface area contributed by atoms with Crippen molar-refractivity contribution in [2.75, 3.05) is 16.8 Å². The minimum atomic E-state index is 0.186. The third-order valence-electron chi connectivity index (χ3n) is 3.46. The Bertz CT molecular complexity index is 367. The molecule has 0 aromatic carbocycles. The Balaban J connectivity index is 2.18. The lowest BCUT2D eigenvalue weighted by atomic mass is 9.88. The summed E-state index contributed by atoms with van der Waals surface area (Å²) in [5.74, 6) is 1.12. The van der Waals surface area contributed by atoms with Crippen molar-refractivity contribution in [3.8, 4) is 0 Å². The van der Waals surface area contributed by atoms with Gasteiger partial charge in [-0.05, 0) is 29.9 Å². The van der Waals surface area contributed by atoms with Crippen LogP contribution in [0.4, 0.5) is 5.82 Å². The van der Waals surface area contributed by atoms with Crippen LogP contribution >= 0.6 is 15.9 Å². The average molecular weight is 297 g/mol. The SMILES string of the molecule is CC(C)(C)c1ccc(N2CCCC2CBr)nc1. The highest BCUT2D eigenvalue weighted by Crippen LogP contribution is 2.27. The van der Waals surface area contributed by atoms with E-state index >= 15 is 0 Å². The molecule has 17 heavy (non-hydrogen) atoms. The zero-order valence-electron chi connectivity index (χ0n) is 10.9. The van der Waals surface area contributed by atoms with Gasteiger partial charge in [0.15, 0.2) is 0 Å². The number of rotatable bonds is 2. The Labute approximate surface area is 113 Å². The van der Waals surface area contributed by atoms with E-state index in [9.17, 15) is 0 Å². The first-order chi connectivity index (χ1) is 8.02. The largest absolute Gasteiger partial charge is 0.353 e. The molecule has 1 aromatic rings. The third kappa shape index (κ3) is 2.82. The van der Waals surface area contributed by atoms with Crippen molar-refractivity contribution >= 4 is 21.7 Å². The van der Waals surface area contributed by atoms with Crippen LogP contribution in [0.2, 0.25) is 0 Å². The van der Waals surface area contributed by atoms with Crippen LogP contribution in [-0.2, 0) is 5.41 Å². The van der Waals surface area contributed by atoms with Gasteiger partial charge in [-0.15, -0.1) is 0 Å². The average Bonchev–Trinajstić information content (AvgIpc) is 2.76. The molecule has 2 heterocycles. The van der Waals surface area contributed by atoms with Gasteiger partial charge in [-0.3, -0.25) is 0 Å². The lowest BCUT2D eigenvalue weighted by molar-refractivity contribution is 0.587. The van der Waals surface area contributed by atoms with E-state index in [2.05, 4.69) is 58.7 Å². The topological polar surface area (TPSA) is 16.1 Å². The molecule has 0 aliphatic carbocycles. The number of anilines is 1. The van der Waals surface area contributed by atoms with Crippen molar-refractivity contribution in [2.45, 2.75) is 45.1 Å². The van der Waals surface area contributed by atoms with Crippen LogP contribution in [0, 0.1) is 0 Å². The Hall–Kier alpha value is -0.570. The summed E-state index contributed by atoms with van der Waals surface area (Å²) in [5.41, 5.74) is 1.49. The number of alkyl halides is 1. The highest BCUT2D eigenvalue weighted by Gasteiger charge is 2.24. The van der Waals surface area contributed by atoms with Crippen LogP contribution < -0.4 is 4.90 Å². The van der Waals surface area contributed by atoms with Gasteiger partial charge >= 0.3 is 0 Å². The number of hydrogen-bond donors (Lipinski definition) is 0. The normalized spacial score (nSPS) is 20.9. The smallest absolute Gasteiger partial charge is 0.128 e. The molecule has 1 aromatic heterocycles. The summed E-state index contributed by atoms with van der Waals surface area (Å²) in [6, 6.07) is 5.00. The highest BCUT2D eigenvalue weighted by atomic mass is 79.9. The van der Waals surface area contributed by atoms with Crippen LogP contribution in [0.1, 0.15) is 39.2 Å². The summed E-state index contributed by atoms with van der Waals surface area (Å²) >= 11 is 3.59. The number of aromatic nitrogens is 1. The van der Waals surface area contributed by atoms with Gasteiger partial charge in [0.1, 0.15) is 5.82 Å². The Morgan fingerprint density at radius 3 is 2.71 bits per heavy atom. The third-order valence-corrected chi connectivity index (χ3v) is 4.21. The maximum absolute atomic E-state index is 4.63. The van der Waals surface area contributed by atoms with Gasteiger partial charge in [-0.25, -0.2) is 4.98 Å². The number of halogens is 1. The standard InChI is InChI=1S/C14H21BrN2/c1-14(2,3)11-6-7-13(16-10-11)17-8-4-5-12(17)9-15/h6-7,10,12H,4-5,8-9H2,1-3H3. The maximum atomic E-state index is 4.63. The zero-order valence-corrected chi connectivity index (χ0v) is 12.5. The Morgan fingerprint density at radius 1 is 1.41 bits per heavy atom. The first-order valence-electron chi connectivity index (χ1n) is 6.31. The lowest BCUT2D eigenvalue weighted by Gasteiger charge is -2.25. The fraction of sp³-hybridized carbons (Fsp3) is 0.643. The second-order valence-corrected chi connectivity index (χ2v) is 6.45. The van der Waals surface area contributed by atoms with Gasteiger partial charge < -0.3 is 4.90 Å². The molecule has 0 amide bonds. The molecule has 2 nitrogen and oxygen atoms in total. The minimum Gasteiger partial charge on any atom is -0.353 e. The predicted octanol–water partition coefficient (Wildman–Crippen LogP) is 3.74. The molecule has 1 fully saturated rings. The van der Waals surface area contributed by atoms with Crippen LogP contribution in [0.15, 0.2) is 18.3 Å². The number of hydrogen-bond acceptors (Lipinski definition) is 2. The van der Waals surface area contributed by atoms with Crippen molar-refractivity contribution in [3.05, 3.63) is 23.9 Å². The summed E-state index contributed by atoms with van der Waals surface area (Å²) in [6.07, 6.45) is 4.58. The molecular weight excluding hydrogens is 276 g/mol. The molecule has 3 heteroatoms. The van der Waals surface area contributed by atoms with Crippen molar-refractivity contribution in [1.82, 2.24) is 4.98 Å². The van der Waals surface area contributed by atoms with Crippen molar-refractivity contribution < 1.29 is 0 Å². The fourth-order valence-electron chi connectivity index (χ4n) is 2.30. The van der Waals surface area contributed by atoms with Crippen molar-refractivity contribution in [1.29, 1.82) is 0 Å². The summed E-state index contributed by atoms with van der Waals surface area (Å²) in [7, 11) is 0. The predicted molar refractivity (Wildman–Crippen MR) is 77.1 cm³/mol. The van der Waals surface area contributed by atoms with Crippen molar-refractivity contribution in [2.24, 2.45) is 0 Å². The molecule has 0 bridgehead atoms.